The number of ether oxygens (including phenoxy) is 2. The van der Waals surface area contributed by atoms with Crippen molar-refractivity contribution in [2.75, 3.05) is 32.9 Å². The van der Waals surface area contributed by atoms with Crippen molar-refractivity contribution in [3.63, 3.8) is 0 Å². The minimum atomic E-state index is -1.07. The van der Waals surface area contributed by atoms with Crippen LogP contribution in [0.4, 0.5) is 4.79 Å². The first kappa shape index (κ1) is 29.4. The third-order valence-corrected chi connectivity index (χ3v) is 7.85. The second kappa shape index (κ2) is 13.7. The van der Waals surface area contributed by atoms with Crippen LogP contribution < -0.4 is 4.74 Å². The molecule has 1 aliphatic heterocycles. The summed E-state index contributed by atoms with van der Waals surface area (Å²) in [6.07, 6.45) is 4.91. The molecule has 0 bridgehead atoms. The lowest BCUT2D eigenvalue weighted by atomic mass is 9.86. The lowest BCUT2D eigenvalue weighted by molar-refractivity contribution is -0.0366. The fourth-order valence-electron chi connectivity index (χ4n) is 5.70. The van der Waals surface area contributed by atoms with E-state index in [1.807, 2.05) is 23.0 Å². The van der Waals surface area contributed by atoms with Gasteiger partial charge in [0.25, 0.3) is 0 Å². The Morgan fingerprint density at radius 1 is 1.07 bits per heavy atom. The Kier molecular flexibility index (Phi) is 9.56. The quantitative estimate of drug-likeness (QED) is 0.194. The number of carboxylic acid groups (broad SMARTS) is 1. The highest BCUT2D eigenvalue weighted by molar-refractivity contribution is 6.01. The highest BCUT2D eigenvalue weighted by Crippen LogP contribution is 2.37. The van der Waals surface area contributed by atoms with Gasteiger partial charge in [0.2, 0.25) is 0 Å². The van der Waals surface area contributed by atoms with Crippen LogP contribution in [0.15, 0.2) is 72.9 Å². The Labute approximate surface area is 246 Å². The summed E-state index contributed by atoms with van der Waals surface area (Å²) in [6, 6.07) is 23.0. The van der Waals surface area contributed by atoms with Crippen molar-refractivity contribution in [3.05, 3.63) is 95.2 Å². The molecule has 1 amide bonds. The smallest absolute Gasteiger partial charge is 0.407 e. The summed E-state index contributed by atoms with van der Waals surface area (Å²) in [5.74, 6) is 0.658. The molecule has 4 aromatic rings. The molecule has 1 aromatic heterocycles. The molecule has 0 saturated carbocycles. The topological polar surface area (TPSA) is 97.0 Å². The molecule has 1 aliphatic rings. The average Bonchev–Trinajstić information content (AvgIpc) is 3.44. The first-order valence-electron chi connectivity index (χ1n) is 14.7. The van der Waals surface area contributed by atoms with E-state index < -0.39 is 6.09 Å². The van der Waals surface area contributed by atoms with Gasteiger partial charge in [0.15, 0.2) is 6.23 Å². The number of amides is 1. The van der Waals surface area contributed by atoms with Crippen LogP contribution >= 0.6 is 0 Å². The van der Waals surface area contributed by atoms with Gasteiger partial charge in [-0.1, -0.05) is 49.4 Å². The molecule has 2 heterocycles. The van der Waals surface area contributed by atoms with Crippen LogP contribution in [0.2, 0.25) is 0 Å². The number of fused-ring (bicyclic) bond motifs is 1. The van der Waals surface area contributed by atoms with Crippen LogP contribution in [0.3, 0.4) is 0 Å². The summed E-state index contributed by atoms with van der Waals surface area (Å²) in [5.41, 5.74) is 8.10. The number of allylic oxidation sites excluding steroid dienone is 1. The molecule has 1 unspecified atom stereocenters. The van der Waals surface area contributed by atoms with Crippen LogP contribution in [0.5, 0.6) is 5.75 Å². The van der Waals surface area contributed by atoms with E-state index in [0.29, 0.717) is 5.75 Å². The van der Waals surface area contributed by atoms with E-state index in [1.54, 1.807) is 0 Å². The van der Waals surface area contributed by atoms with Crippen LogP contribution in [0.1, 0.15) is 61.1 Å². The molecular weight excluding hydrogens is 530 g/mol. The minimum absolute atomic E-state index is 0.0194. The van der Waals surface area contributed by atoms with E-state index in [9.17, 15) is 9.90 Å². The van der Waals surface area contributed by atoms with Gasteiger partial charge in [0, 0.05) is 18.5 Å². The summed E-state index contributed by atoms with van der Waals surface area (Å²) in [6.45, 7) is 5.32. The van der Waals surface area contributed by atoms with Crippen molar-refractivity contribution in [1.82, 2.24) is 14.7 Å². The van der Waals surface area contributed by atoms with Gasteiger partial charge in [-0.05, 0) is 90.3 Å². The maximum atomic E-state index is 11.3. The Balaban J connectivity index is 1.49. The lowest BCUT2D eigenvalue weighted by Crippen LogP contribution is -2.35. The van der Waals surface area contributed by atoms with E-state index in [2.05, 4.69) is 68.4 Å². The number of hydrogen-bond donors (Lipinski definition) is 2. The van der Waals surface area contributed by atoms with Crippen molar-refractivity contribution < 1.29 is 24.5 Å². The Morgan fingerprint density at radius 3 is 2.55 bits per heavy atom. The molecular formula is C34H39N3O5. The van der Waals surface area contributed by atoms with Crippen LogP contribution in [-0.2, 0) is 4.74 Å². The number of aryl methyl sites for hydroxylation is 1. The van der Waals surface area contributed by atoms with Gasteiger partial charge in [-0.25, -0.2) is 9.48 Å². The number of nitrogens with zero attached hydrogens (tertiary/aromatic N) is 3. The van der Waals surface area contributed by atoms with E-state index in [4.69, 9.17) is 19.7 Å². The second-order valence-corrected chi connectivity index (χ2v) is 10.6. The van der Waals surface area contributed by atoms with Gasteiger partial charge in [-0.3, -0.25) is 0 Å². The molecule has 0 spiro atoms. The number of aliphatic hydroxyl groups is 1. The van der Waals surface area contributed by atoms with Crippen molar-refractivity contribution in [2.24, 2.45) is 0 Å². The predicted octanol–water partition coefficient (Wildman–Crippen LogP) is 6.76. The van der Waals surface area contributed by atoms with Crippen molar-refractivity contribution in [2.45, 2.75) is 45.8 Å². The van der Waals surface area contributed by atoms with E-state index in [0.717, 1.165) is 64.8 Å². The zero-order valence-electron chi connectivity index (χ0n) is 24.3. The highest BCUT2D eigenvalue weighted by Gasteiger charge is 2.20. The first-order chi connectivity index (χ1) is 20.5. The van der Waals surface area contributed by atoms with Crippen LogP contribution in [0.25, 0.3) is 22.0 Å². The van der Waals surface area contributed by atoms with Gasteiger partial charge < -0.3 is 24.6 Å². The average molecular weight is 570 g/mol. The van der Waals surface area contributed by atoms with Crippen LogP contribution in [-0.4, -0.2) is 63.9 Å². The van der Waals surface area contributed by atoms with Gasteiger partial charge >= 0.3 is 6.09 Å². The Hall–Kier alpha value is -4.14. The molecule has 8 nitrogen and oxygen atoms in total. The largest absolute Gasteiger partial charge is 0.492 e. The van der Waals surface area contributed by atoms with Gasteiger partial charge in [-0.15, -0.1) is 0 Å². The SMILES string of the molecule is CC/C(=C(/c1ccc(OCCN(CCO)C(=O)O)cc1)c1ccc2c(cnn2C2CCCCO2)c1)c1ccccc1C. The molecule has 42 heavy (non-hydrogen) atoms. The number of carbonyl (C=O) groups is 1. The summed E-state index contributed by atoms with van der Waals surface area (Å²) in [5, 5.41) is 24.2. The molecule has 0 radical (unpaired) electrons. The summed E-state index contributed by atoms with van der Waals surface area (Å²) < 4.78 is 13.9. The fourth-order valence-corrected chi connectivity index (χ4v) is 5.70. The Morgan fingerprint density at radius 2 is 1.86 bits per heavy atom. The number of hydrogen-bond acceptors (Lipinski definition) is 5. The van der Waals surface area contributed by atoms with E-state index in [1.165, 1.54) is 16.7 Å². The number of aliphatic hydroxyl groups excluding tert-OH is 1. The number of rotatable bonds is 11. The molecule has 1 saturated heterocycles. The first-order valence-corrected chi connectivity index (χ1v) is 14.7. The van der Waals surface area contributed by atoms with Gasteiger partial charge in [-0.2, -0.15) is 5.10 Å². The molecule has 5 rings (SSSR count). The molecule has 220 valence electrons. The van der Waals surface area contributed by atoms with Crippen molar-refractivity contribution in [3.8, 4) is 5.75 Å². The molecule has 1 fully saturated rings. The van der Waals surface area contributed by atoms with Crippen LogP contribution in [0, 0.1) is 6.92 Å². The van der Waals surface area contributed by atoms with Crippen molar-refractivity contribution in [1.29, 1.82) is 0 Å². The minimum Gasteiger partial charge on any atom is -0.492 e. The zero-order chi connectivity index (χ0) is 29.5. The molecule has 2 N–H and O–H groups in total. The monoisotopic (exact) mass is 569 g/mol. The second-order valence-electron chi connectivity index (χ2n) is 10.6. The number of aromatic nitrogens is 2. The number of benzene rings is 3. The predicted molar refractivity (Wildman–Crippen MR) is 165 cm³/mol. The van der Waals surface area contributed by atoms with E-state index in [-0.39, 0.29) is 32.5 Å². The third-order valence-electron chi connectivity index (χ3n) is 7.85. The maximum Gasteiger partial charge on any atom is 0.407 e. The summed E-state index contributed by atoms with van der Waals surface area (Å²) in [4.78, 5) is 12.5. The van der Waals surface area contributed by atoms with Gasteiger partial charge in [0.05, 0.1) is 24.9 Å². The van der Waals surface area contributed by atoms with E-state index >= 15 is 0 Å². The molecule has 1 atom stereocenters. The highest BCUT2D eigenvalue weighted by atomic mass is 16.5. The lowest BCUT2D eigenvalue weighted by Gasteiger charge is -2.23. The zero-order valence-corrected chi connectivity index (χ0v) is 24.3. The fraction of sp³-hybridized carbons (Fsp3) is 0.353. The molecule has 0 aliphatic carbocycles. The maximum absolute atomic E-state index is 11.3. The van der Waals surface area contributed by atoms with Gasteiger partial charge in [0.1, 0.15) is 12.4 Å². The molecule has 3 aromatic carbocycles. The summed E-state index contributed by atoms with van der Waals surface area (Å²) in [7, 11) is 0. The normalized spacial score (nSPS) is 15.8. The third kappa shape index (κ3) is 6.50. The summed E-state index contributed by atoms with van der Waals surface area (Å²) >= 11 is 0. The van der Waals surface area contributed by atoms with Crippen molar-refractivity contribution >= 4 is 28.1 Å². The molecule has 8 heteroatoms. The standard InChI is InChI=1S/C34H39N3O5/c1-3-29(30-9-5-4-8-24(30)2)33(25-11-14-28(15-12-25)41-21-18-36(17-19-38)34(39)40)26-13-16-31-27(22-26)23-35-37(31)32-10-6-7-20-42-32/h4-5,8-9,11-16,22-23,32,38H,3,6-7,10,17-21H2,1-2H3,(H,39,40)/b33-29+. The Bertz CT molecular complexity index is 1540.